The van der Waals surface area contributed by atoms with E-state index >= 15 is 0 Å². The van der Waals surface area contributed by atoms with Gasteiger partial charge in [-0.3, -0.25) is 4.79 Å². The number of amides is 1. The van der Waals surface area contributed by atoms with Crippen LogP contribution in [0.15, 0.2) is 72.4 Å². The number of hydrogen-bond acceptors (Lipinski definition) is 5. The quantitative estimate of drug-likeness (QED) is 0.338. The molecule has 2 aromatic carbocycles. The summed E-state index contributed by atoms with van der Waals surface area (Å²) in [6, 6.07) is 17.8. The first-order chi connectivity index (χ1) is 15.0. The number of anilines is 1. The molecule has 0 aliphatic rings. The Bertz CT molecular complexity index is 1000. The summed E-state index contributed by atoms with van der Waals surface area (Å²) in [4.78, 5) is 14.7. The minimum Gasteiger partial charge on any atom is -0.497 e. The van der Waals surface area contributed by atoms with Gasteiger partial charge in [-0.15, -0.1) is 16.8 Å². The Kier molecular flexibility index (Phi) is 7.89. The van der Waals surface area contributed by atoms with Crippen molar-refractivity contribution in [3.63, 3.8) is 0 Å². The second-order valence-corrected chi connectivity index (χ2v) is 8.25. The molecule has 0 aliphatic carbocycles. The van der Waals surface area contributed by atoms with Crippen LogP contribution in [0.1, 0.15) is 31.3 Å². The third-order valence-electron chi connectivity index (χ3n) is 4.78. The first-order valence-electron chi connectivity index (χ1n) is 10.2. The molecule has 0 fully saturated rings. The van der Waals surface area contributed by atoms with E-state index in [0.29, 0.717) is 13.0 Å². The van der Waals surface area contributed by atoms with E-state index in [9.17, 15) is 4.79 Å². The zero-order chi connectivity index (χ0) is 22.2. The van der Waals surface area contributed by atoms with Crippen molar-refractivity contribution >= 4 is 23.4 Å². The second kappa shape index (κ2) is 10.8. The molecule has 1 amide bonds. The maximum absolute atomic E-state index is 12.9. The predicted octanol–water partition coefficient (Wildman–Crippen LogP) is 4.77. The van der Waals surface area contributed by atoms with Gasteiger partial charge in [0, 0.05) is 24.7 Å². The van der Waals surface area contributed by atoms with Crippen LogP contribution in [-0.4, -0.2) is 40.1 Å². The molecule has 1 heterocycles. The van der Waals surface area contributed by atoms with Crippen molar-refractivity contribution in [3.05, 3.63) is 78.6 Å². The number of carbonyl (C=O) groups excluding carboxylic acids is 1. The molecule has 0 atom stereocenters. The summed E-state index contributed by atoms with van der Waals surface area (Å²) in [5.41, 5.74) is 1.99. The molecule has 31 heavy (non-hydrogen) atoms. The van der Waals surface area contributed by atoms with Crippen LogP contribution in [0.4, 0.5) is 5.69 Å². The lowest BCUT2D eigenvalue weighted by Gasteiger charge is -2.21. The first-order valence-corrected chi connectivity index (χ1v) is 11.2. The van der Waals surface area contributed by atoms with E-state index in [4.69, 9.17) is 4.74 Å². The fourth-order valence-corrected chi connectivity index (χ4v) is 4.23. The van der Waals surface area contributed by atoms with Gasteiger partial charge in [0.15, 0.2) is 5.16 Å². The van der Waals surface area contributed by atoms with Crippen molar-refractivity contribution in [1.82, 2.24) is 14.8 Å². The van der Waals surface area contributed by atoms with Gasteiger partial charge < -0.3 is 14.2 Å². The topological polar surface area (TPSA) is 60.3 Å². The molecule has 0 aliphatic heterocycles. The normalized spacial score (nSPS) is 10.8. The molecule has 7 heteroatoms. The number of aromatic nitrogens is 3. The average Bonchev–Trinajstić information content (AvgIpc) is 3.19. The van der Waals surface area contributed by atoms with Crippen LogP contribution in [0.3, 0.4) is 0 Å². The Hall–Kier alpha value is -3.06. The minimum absolute atomic E-state index is 0.00566. The summed E-state index contributed by atoms with van der Waals surface area (Å²) < 4.78 is 7.33. The van der Waals surface area contributed by atoms with E-state index in [1.807, 2.05) is 54.6 Å². The maximum Gasteiger partial charge on any atom is 0.237 e. The molecular weight excluding hydrogens is 408 g/mol. The van der Waals surface area contributed by atoms with Gasteiger partial charge in [-0.05, 0) is 43.7 Å². The molecule has 0 radical (unpaired) electrons. The van der Waals surface area contributed by atoms with Gasteiger partial charge in [0.2, 0.25) is 5.91 Å². The lowest BCUT2D eigenvalue weighted by Crippen LogP contribution is -2.32. The molecule has 0 bridgehead atoms. The minimum atomic E-state index is 0.00566. The second-order valence-electron chi connectivity index (χ2n) is 7.30. The monoisotopic (exact) mass is 436 g/mol. The van der Waals surface area contributed by atoms with E-state index in [-0.39, 0.29) is 17.7 Å². The molecule has 0 N–H and O–H groups in total. The van der Waals surface area contributed by atoms with Gasteiger partial charge in [-0.1, -0.05) is 48.2 Å². The number of thioether (sulfide) groups is 1. The first kappa shape index (κ1) is 22.6. The van der Waals surface area contributed by atoms with Gasteiger partial charge in [-0.2, -0.15) is 0 Å². The van der Waals surface area contributed by atoms with Crippen molar-refractivity contribution in [1.29, 1.82) is 0 Å². The molecule has 6 nitrogen and oxygen atoms in total. The summed E-state index contributed by atoms with van der Waals surface area (Å²) >= 11 is 1.41. The summed E-state index contributed by atoms with van der Waals surface area (Å²) in [5.74, 6) is 1.98. The van der Waals surface area contributed by atoms with Crippen molar-refractivity contribution in [2.45, 2.75) is 31.5 Å². The van der Waals surface area contributed by atoms with Crippen LogP contribution in [0.25, 0.3) is 0 Å². The molecular formula is C24H28N4O2S. The SMILES string of the molecule is C=CCN(C(=O)CSc1nnc(Cc2ccc(OC)cc2)n1C(C)C)c1ccccc1. The van der Waals surface area contributed by atoms with Crippen molar-refractivity contribution < 1.29 is 9.53 Å². The highest BCUT2D eigenvalue weighted by molar-refractivity contribution is 7.99. The van der Waals surface area contributed by atoms with Crippen LogP contribution in [-0.2, 0) is 11.2 Å². The predicted molar refractivity (Wildman–Crippen MR) is 126 cm³/mol. The average molecular weight is 437 g/mol. The molecule has 0 saturated carbocycles. The smallest absolute Gasteiger partial charge is 0.237 e. The van der Waals surface area contributed by atoms with E-state index in [1.165, 1.54) is 11.8 Å². The summed E-state index contributed by atoms with van der Waals surface area (Å²) in [5, 5.41) is 9.54. The van der Waals surface area contributed by atoms with Crippen LogP contribution >= 0.6 is 11.8 Å². The molecule has 3 aromatic rings. The Morgan fingerprint density at radius 1 is 1.16 bits per heavy atom. The van der Waals surface area contributed by atoms with Crippen molar-refractivity contribution in [2.24, 2.45) is 0 Å². The van der Waals surface area contributed by atoms with Gasteiger partial charge in [0.05, 0.1) is 12.9 Å². The van der Waals surface area contributed by atoms with Crippen LogP contribution in [0.5, 0.6) is 5.75 Å². The Morgan fingerprint density at radius 3 is 2.48 bits per heavy atom. The fourth-order valence-electron chi connectivity index (χ4n) is 3.26. The lowest BCUT2D eigenvalue weighted by atomic mass is 10.1. The summed E-state index contributed by atoms with van der Waals surface area (Å²) in [6.45, 7) is 8.44. The van der Waals surface area contributed by atoms with Gasteiger partial charge in [0.25, 0.3) is 0 Å². The highest BCUT2D eigenvalue weighted by Crippen LogP contribution is 2.25. The molecule has 0 unspecified atom stereocenters. The zero-order valence-electron chi connectivity index (χ0n) is 18.2. The van der Waals surface area contributed by atoms with Gasteiger partial charge in [-0.25, -0.2) is 0 Å². The zero-order valence-corrected chi connectivity index (χ0v) is 19.0. The van der Waals surface area contributed by atoms with E-state index in [2.05, 4.69) is 35.2 Å². The largest absolute Gasteiger partial charge is 0.497 e. The standard InChI is InChI=1S/C24H28N4O2S/c1-5-15-27(20-9-7-6-8-10-20)23(29)17-31-24-26-25-22(28(24)18(2)3)16-19-11-13-21(30-4)14-12-19/h5-14,18H,1,15-17H2,2-4H3. The van der Waals surface area contributed by atoms with Crippen LogP contribution < -0.4 is 9.64 Å². The molecule has 0 spiro atoms. The van der Waals surface area contributed by atoms with E-state index in [0.717, 1.165) is 28.0 Å². The number of carbonyl (C=O) groups is 1. The highest BCUT2D eigenvalue weighted by Gasteiger charge is 2.19. The van der Waals surface area contributed by atoms with E-state index in [1.54, 1.807) is 18.1 Å². The lowest BCUT2D eigenvalue weighted by molar-refractivity contribution is -0.116. The van der Waals surface area contributed by atoms with Crippen LogP contribution in [0, 0.1) is 0 Å². The van der Waals surface area contributed by atoms with Gasteiger partial charge >= 0.3 is 0 Å². The molecule has 3 rings (SSSR count). The maximum atomic E-state index is 12.9. The van der Waals surface area contributed by atoms with Crippen molar-refractivity contribution in [2.75, 3.05) is 24.3 Å². The number of hydrogen-bond donors (Lipinski definition) is 0. The molecule has 1 aromatic heterocycles. The summed E-state index contributed by atoms with van der Waals surface area (Å²) in [7, 11) is 1.66. The number of rotatable bonds is 10. The summed E-state index contributed by atoms with van der Waals surface area (Å²) in [6.07, 6.45) is 2.40. The number of ether oxygens (including phenoxy) is 1. The Labute approximate surface area is 187 Å². The number of methoxy groups -OCH3 is 1. The highest BCUT2D eigenvalue weighted by atomic mass is 32.2. The number of nitrogens with zero attached hydrogens (tertiary/aromatic N) is 4. The molecule has 162 valence electrons. The van der Waals surface area contributed by atoms with E-state index < -0.39 is 0 Å². The molecule has 0 saturated heterocycles. The third kappa shape index (κ3) is 5.76. The third-order valence-corrected chi connectivity index (χ3v) is 5.71. The van der Waals surface area contributed by atoms with Gasteiger partial charge in [0.1, 0.15) is 11.6 Å². The Morgan fingerprint density at radius 2 is 1.87 bits per heavy atom. The Balaban J connectivity index is 1.73. The fraction of sp³-hybridized carbons (Fsp3) is 0.292. The van der Waals surface area contributed by atoms with Crippen LogP contribution in [0.2, 0.25) is 0 Å². The number of para-hydroxylation sites is 1. The van der Waals surface area contributed by atoms with Crippen molar-refractivity contribution in [3.8, 4) is 5.75 Å². The number of benzene rings is 2.